The fourth-order valence-corrected chi connectivity index (χ4v) is 3.61. The summed E-state index contributed by atoms with van der Waals surface area (Å²) >= 11 is 5.58. The molecule has 4 unspecified atom stereocenters. The Balaban J connectivity index is 3.05. The van der Waals surface area contributed by atoms with Crippen LogP contribution in [0.4, 0.5) is 0 Å². The Morgan fingerprint density at radius 3 is 2.00 bits per heavy atom. The highest BCUT2D eigenvalue weighted by Crippen LogP contribution is 2.12. The van der Waals surface area contributed by atoms with Crippen molar-refractivity contribution in [3.05, 3.63) is 29.8 Å². The Kier molecular flexibility index (Phi) is 12.8. The number of carboxylic acids is 1. The van der Waals surface area contributed by atoms with Crippen LogP contribution >= 0.6 is 24.4 Å². The molecule has 4 atom stereocenters. The molecular weight excluding hydrogens is 480 g/mol. The van der Waals surface area contributed by atoms with Gasteiger partial charge in [-0.25, -0.2) is 4.79 Å². The number of aliphatic carboxylic acids is 1. The number of rotatable bonds is 14. The molecule has 0 fully saturated rings. The first-order valence-electron chi connectivity index (χ1n) is 10.8. The number of phenolic OH excluding ortho intramolecular Hbond substituents is 1. The highest BCUT2D eigenvalue weighted by atomic mass is 32.2. The predicted octanol–water partition coefficient (Wildman–Crippen LogP) is 0.140. The Hall–Kier alpha value is -2.44. The third-order valence-electron chi connectivity index (χ3n) is 5.07. The zero-order chi connectivity index (χ0) is 25.8. The average molecular weight is 515 g/mol. The van der Waals surface area contributed by atoms with E-state index < -0.39 is 47.9 Å². The number of carboxylic acid groups (broad SMARTS) is 1. The minimum Gasteiger partial charge on any atom is -0.508 e. The quantitative estimate of drug-likeness (QED) is 0.172. The number of hydrogen-bond acceptors (Lipinski definition) is 8. The van der Waals surface area contributed by atoms with Crippen molar-refractivity contribution in [2.45, 2.75) is 50.9 Å². The summed E-state index contributed by atoms with van der Waals surface area (Å²) in [6, 6.07) is 1.92. The van der Waals surface area contributed by atoms with Gasteiger partial charge in [-0.2, -0.15) is 24.4 Å². The number of phenols is 1. The second-order valence-corrected chi connectivity index (χ2v) is 9.48. The molecule has 34 heavy (non-hydrogen) atoms. The van der Waals surface area contributed by atoms with Gasteiger partial charge in [-0.1, -0.05) is 26.0 Å². The SMILES string of the molecule is CSCCC(NC(=O)C(Cc1ccc(O)cc1)NC(=O)C(CS)NC(=O)C(N)C(C)C)C(=O)O. The molecule has 1 rings (SSSR count). The number of nitrogens with two attached hydrogens (primary N) is 1. The van der Waals surface area contributed by atoms with Gasteiger partial charge in [0.1, 0.15) is 23.9 Å². The average Bonchev–Trinajstić information content (AvgIpc) is 2.79. The summed E-state index contributed by atoms with van der Waals surface area (Å²) in [7, 11) is 0. The molecule has 7 N–H and O–H groups in total. The van der Waals surface area contributed by atoms with E-state index in [0.717, 1.165) is 0 Å². The van der Waals surface area contributed by atoms with Crippen molar-refractivity contribution in [3.8, 4) is 5.75 Å². The number of thioether (sulfide) groups is 1. The molecule has 1 aromatic carbocycles. The van der Waals surface area contributed by atoms with Gasteiger partial charge in [-0.15, -0.1) is 0 Å². The van der Waals surface area contributed by atoms with Crippen molar-refractivity contribution >= 4 is 48.1 Å². The van der Waals surface area contributed by atoms with E-state index in [1.165, 1.54) is 23.9 Å². The van der Waals surface area contributed by atoms with Gasteiger partial charge in [0.25, 0.3) is 0 Å². The molecule has 0 saturated carbocycles. The lowest BCUT2D eigenvalue weighted by atomic mass is 10.0. The predicted molar refractivity (Wildman–Crippen MR) is 135 cm³/mol. The molecule has 0 bridgehead atoms. The molecule has 3 amide bonds. The minimum atomic E-state index is -1.18. The van der Waals surface area contributed by atoms with Crippen LogP contribution in [0.5, 0.6) is 5.75 Å². The molecule has 0 aliphatic heterocycles. The summed E-state index contributed by atoms with van der Waals surface area (Å²) in [5.74, 6) is -2.67. The Morgan fingerprint density at radius 2 is 1.50 bits per heavy atom. The molecular formula is C22H34N4O6S2. The molecule has 1 aromatic rings. The van der Waals surface area contributed by atoms with E-state index in [4.69, 9.17) is 5.73 Å². The lowest BCUT2D eigenvalue weighted by molar-refractivity contribution is -0.142. The first-order valence-corrected chi connectivity index (χ1v) is 12.8. The van der Waals surface area contributed by atoms with Gasteiger partial charge in [0, 0.05) is 12.2 Å². The van der Waals surface area contributed by atoms with Crippen molar-refractivity contribution in [1.29, 1.82) is 0 Å². The van der Waals surface area contributed by atoms with Crippen LogP contribution in [0.1, 0.15) is 25.8 Å². The van der Waals surface area contributed by atoms with E-state index in [-0.39, 0.29) is 30.3 Å². The van der Waals surface area contributed by atoms with E-state index in [1.807, 2.05) is 6.26 Å². The number of aromatic hydroxyl groups is 1. The third-order valence-corrected chi connectivity index (χ3v) is 6.08. The molecule has 0 radical (unpaired) electrons. The zero-order valence-corrected chi connectivity index (χ0v) is 21.2. The molecule has 0 aliphatic rings. The van der Waals surface area contributed by atoms with E-state index >= 15 is 0 Å². The molecule has 0 aliphatic carbocycles. The van der Waals surface area contributed by atoms with Gasteiger partial charge in [0.15, 0.2) is 0 Å². The van der Waals surface area contributed by atoms with E-state index in [2.05, 4.69) is 28.6 Å². The molecule has 190 valence electrons. The van der Waals surface area contributed by atoms with Crippen molar-refractivity contribution in [3.63, 3.8) is 0 Å². The van der Waals surface area contributed by atoms with Gasteiger partial charge in [0.2, 0.25) is 17.7 Å². The maximum atomic E-state index is 13.0. The molecule has 0 spiro atoms. The number of hydrogen-bond donors (Lipinski definition) is 7. The Labute approximate surface area is 209 Å². The number of carbonyl (C=O) groups excluding carboxylic acids is 3. The second kappa shape index (κ2) is 14.7. The summed E-state index contributed by atoms with van der Waals surface area (Å²) < 4.78 is 0. The largest absolute Gasteiger partial charge is 0.508 e. The normalized spacial score (nSPS) is 14.5. The van der Waals surface area contributed by atoms with Gasteiger partial charge < -0.3 is 31.9 Å². The monoisotopic (exact) mass is 514 g/mol. The molecule has 0 aromatic heterocycles. The standard InChI is InChI=1S/C22H34N4O6S2/c1-12(2)18(23)21(30)26-17(11-33)20(29)25-16(10-13-4-6-14(27)7-5-13)19(28)24-15(22(31)32)8-9-34-3/h4-7,12,15-18,27,33H,8-11,23H2,1-3H3,(H,24,28)(H,25,29)(H,26,30)(H,31,32). The van der Waals surface area contributed by atoms with E-state index in [9.17, 15) is 29.4 Å². The highest BCUT2D eigenvalue weighted by Gasteiger charge is 2.30. The number of nitrogens with one attached hydrogen (secondary N) is 3. The van der Waals surface area contributed by atoms with Crippen LogP contribution in [-0.4, -0.2) is 75.8 Å². The van der Waals surface area contributed by atoms with Crippen LogP contribution < -0.4 is 21.7 Å². The maximum Gasteiger partial charge on any atom is 0.326 e. The summed E-state index contributed by atoms with van der Waals surface area (Å²) in [6.45, 7) is 3.54. The lowest BCUT2D eigenvalue weighted by Crippen LogP contribution is -2.58. The molecule has 0 saturated heterocycles. The number of carbonyl (C=O) groups is 4. The van der Waals surface area contributed by atoms with Crippen molar-refractivity contribution in [2.24, 2.45) is 11.7 Å². The number of amides is 3. The van der Waals surface area contributed by atoms with Gasteiger partial charge >= 0.3 is 5.97 Å². The van der Waals surface area contributed by atoms with Crippen LogP contribution in [0.3, 0.4) is 0 Å². The second-order valence-electron chi connectivity index (χ2n) is 8.13. The van der Waals surface area contributed by atoms with Crippen molar-refractivity contribution < 1.29 is 29.4 Å². The van der Waals surface area contributed by atoms with Gasteiger partial charge in [0.05, 0.1) is 6.04 Å². The summed E-state index contributed by atoms with van der Waals surface area (Å²) in [5.41, 5.74) is 6.47. The fraction of sp³-hybridized carbons (Fsp3) is 0.545. The van der Waals surface area contributed by atoms with Crippen LogP contribution in [0.15, 0.2) is 24.3 Å². The van der Waals surface area contributed by atoms with Crippen LogP contribution in [0.25, 0.3) is 0 Å². The highest BCUT2D eigenvalue weighted by molar-refractivity contribution is 7.98. The summed E-state index contributed by atoms with van der Waals surface area (Å²) in [5, 5.41) is 26.6. The van der Waals surface area contributed by atoms with Crippen LogP contribution in [-0.2, 0) is 25.6 Å². The van der Waals surface area contributed by atoms with Gasteiger partial charge in [-0.05, 0) is 42.0 Å². The van der Waals surface area contributed by atoms with Crippen LogP contribution in [0, 0.1) is 5.92 Å². The number of thiol groups is 1. The smallest absolute Gasteiger partial charge is 0.326 e. The first-order chi connectivity index (χ1) is 16.0. The maximum absolute atomic E-state index is 13.0. The zero-order valence-electron chi connectivity index (χ0n) is 19.5. The first kappa shape index (κ1) is 29.6. The fourth-order valence-electron chi connectivity index (χ4n) is 2.88. The summed E-state index contributed by atoms with van der Waals surface area (Å²) in [4.78, 5) is 49.8. The molecule has 10 nitrogen and oxygen atoms in total. The Morgan fingerprint density at radius 1 is 0.971 bits per heavy atom. The van der Waals surface area contributed by atoms with Crippen molar-refractivity contribution in [2.75, 3.05) is 17.8 Å². The van der Waals surface area contributed by atoms with E-state index in [0.29, 0.717) is 11.3 Å². The van der Waals surface area contributed by atoms with Crippen molar-refractivity contribution in [1.82, 2.24) is 16.0 Å². The molecule has 12 heteroatoms. The lowest BCUT2D eigenvalue weighted by Gasteiger charge is -2.25. The minimum absolute atomic E-state index is 0.0332. The Bertz CT molecular complexity index is 837. The topological polar surface area (TPSA) is 171 Å². The molecule has 0 heterocycles. The van der Waals surface area contributed by atoms with E-state index in [1.54, 1.807) is 26.0 Å². The van der Waals surface area contributed by atoms with Crippen LogP contribution in [0.2, 0.25) is 0 Å². The number of benzene rings is 1. The third kappa shape index (κ3) is 9.82. The van der Waals surface area contributed by atoms with Gasteiger partial charge in [-0.3, -0.25) is 14.4 Å². The summed E-state index contributed by atoms with van der Waals surface area (Å²) in [6.07, 6.45) is 2.07.